The van der Waals surface area contributed by atoms with Gasteiger partial charge in [-0.05, 0) is 24.8 Å². The molecule has 1 saturated heterocycles. The summed E-state index contributed by atoms with van der Waals surface area (Å²) >= 11 is 0. The Bertz CT molecular complexity index is 833. The van der Waals surface area contributed by atoms with E-state index in [-0.39, 0.29) is 24.2 Å². The third kappa shape index (κ3) is 4.18. The number of carbonyl (C=O) groups is 2. The van der Waals surface area contributed by atoms with Gasteiger partial charge in [0.15, 0.2) is 0 Å². The summed E-state index contributed by atoms with van der Waals surface area (Å²) in [6, 6.07) is 1.07. The van der Waals surface area contributed by atoms with Crippen molar-refractivity contribution in [2.45, 2.75) is 38.3 Å². The lowest BCUT2D eigenvalue weighted by Crippen LogP contribution is -2.63. The molecule has 0 spiro atoms. The highest BCUT2D eigenvalue weighted by Gasteiger charge is 2.40. The van der Waals surface area contributed by atoms with Crippen LogP contribution < -0.4 is 21.4 Å². The maximum atomic E-state index is 12.7. The molecular formula is C17H26ClN7O3. The minimum atomic E-state index is -1.08. The molecule has 1 aliphatic heterocycles. The molecule has 10 nitrogen and oxygen atoms in total. The smallest absolute Gasteiger partial charge is 0.266 e. The van der Waals surface area contributed by atoms with Crippen LogP contribution in [0.1, 0.15) is 26.7 Å². The van der Waals surface area contributed by atoms with Gasteiger partial charge in [-0.25, -0.2) is 15.4 Å². The van der Waals surface area contributed by atoms with Crippen LogP contribution in [0.25, 0.3) is 11.0 Å². The van der Waals surface area contributed by atoms with Crippen molar-refractivity contribution < 1.29 is 14.8 Å². The first-order chi connectivity index (χ1) is 12.9. The highest BCUT2D eigenvalue weighted by atomic mass is 35.5. The SMILES string of the molecule is CC(C)[C@@H](NC(=O)C1(N)CCN(c2ncnc3[nH]ccc23)CC1)C(=O)NO.Cl. The van der Waals surface area contributed by atoms with Crippen LogP contribution in [0.15, 0.2) is 18.6 Å². The zero-order valence-corrected chi connectivity index (χ0v) is 16.6. The molecule has 0 aromatic carbocycles. The first-order valence-corrected chi connectivity index (χ1v) is 8.92. The minimum Gasteiger partial charge on any atom is -0.356 e. The Morgan fingerprint density at radius 1 is 1.32 bits per heavy atom. The van der Waals surface area contributed by atoms with Gasteiger partial charge in [0.05, 0.1) is 10.9 Å². The van der Waals surface area contributed by atoms with E-state index in [0.717, 1.165) is 16.9 Å². The molecular weight excluding hydrogens is 386 g/mol. The summed E-state index contributed by atoms with van der Waals surface area (Å²) in [7, 11) is 0. The van der Waals surface area contributed by atoms with Crippen molar-refractivity contribution in [1.29, 1.82) is 0 Å². The number of hydroxylamine groups is 1. The molecule has 3 heterocycles. The quantitative estimate of drug-likeness (QED) is 0.351. The molecule has 0 saturated carbocycles. The molecule has 11 heteroatoms. The Kier molecular flexibility index (Phi) is 6.81. The molecule has 2 aromatic rings. The highest BCUT2D eigenvalue weighted by Crippen LogP contribution is 2.28. The number of piperidine rings is 1. The molecule has 0 bridgehead atoms. The van der Waals surface area contributed by atoms with Crippen LogP contribution in [0.4, 0.5) is 5.82 Å². The van der Waals surface area contributed by atoms with E-state index in [2.05, 4.69) is 25.2 Å². The van der Waals surface area contributed by atoms with Gasteiger partial charge in [0.1, 0.15) is 23.8 Å². The number of hydrogen-bond acceptors (Lipinski definition) is 7. The lowest BCUT2D eigenvalue weighted by Gasteiger charge is -2.39. The number of nitrogens with one attached hydrogen (secondary N) is 3. The lowest BCUT2D eigenvalue weighted by molar-refractivity contribution is -0.137. The van der Waals surface area contributed by atoms with Crippen molar-refractivity contribution in [2.24, 2.45) is 11.7 Å². The number of carbonyl (C=O) groups excluding carboxylic acids is 2. The predicted molar refractivity (Wildman–Crippen MR) is 106 cm³/mol. The summed E-state index contributed by atoms with van der Waals surface area (Å²) in [4.78, 5) is 38.2. The number of nitrogens with zero attached hydrogens (tertiary/aromatic N) is 3. The van der Waals surface area contributed by atoms with Gasteiger partial charge in [0.2, 0.25) is 5.91 Å². The van der Waals surface area contributed by atoms with Crippen LogP contribution in [0.5, 0.6) is 0 Å². The normalized spacial score (nSPS) is 17.1. The number of aromatic nitrogens is 3. The molecule has 6 N–H and O–H groups in total. The zero-order valence-electron chi connectivity index (χ0n) is 15.8. The van der Waals surface area contributed by atoms with E-state index >= 15 is 0 Å². The fourth-order valence-corrected chi connectivity index (χ4v) is 3.34. The fourth-order valence-electron chi connectivity index (χ4n) is 3.34. The first-order valence-electron chi connectivity index (χ1n) is 8.92. The van der Waals surface area contributed by atoms with Gasteiger partial charge in [-0.1, -0.05) is 13.8 Å². The molecule has 1 atom stereocenters. The molecule has 0 radical (unpaired) electrons. The van der Waals surface area contributed by atoms with Gasteiger partial charge in [-0.15, -0.1) is 12.4 Å². The number of aromatic amines is 1. The molecule has 1 aliphatic rings. The number of nitrogens with two attached hydrogens (primary N) is 1. The molecule has 2 aromatic heterocycles. The van der Waals surface area contributed by atoms with E-state index < -0.39 is 17.5 Å². The Balaban J connectivity index is 0.00000280. The van der Waals surface area contributed by atoms with E-state index in [4.69, 9.17) is 10.9 Å². The fraction of sp³-hybridized carbons (Fsp3) is 0.529. The van der Waals surface area contributed by atoms with Gasteiger partial charge in [-0.3, -0.25) is 14.8 Å². The van der Waals surface area contributed by atoms with E-state index in [9.17, 15) is 9.59 Å². The predicted octanol–water partition coefficient (Wildman–Crippen LogP) is 0.324. The molecule has 0 unspecified atom stereocenters. The van der Waals surface area contributed by atoms with Gasteiger partial charge >= 0.3 is 0 Å². The number of amides is 2. The van der Waals surface area contributed by atoms with Crippen LogP contribution in [0.3, 0.4) is 0 Å². The van der Waals surface area contributed by atoms with E-state index in [0.29, 0.717) is 25.9 Å². The van der Waals surface area contributed by atoms with Crippen LogP contribution >= 0.6 is 12.4 Å². The third-order valence-electron chi connectivity index (χ3n) is 5.09. The minimum absolute atomic E-state index is 0. The Hall–Kier alpha value is -2.43. The van der Waals surface area contributed by atoms with Crippen molar-refractivity contribution >= 4 is 41.1 Å². The molecule has 28 heavy (non-hydrogen) atoms. The second kappa shape index (κ2) is 8.72. The van der Waals surface area contributed by atoms with Crippen molar-refractivity contribution in [3.63, 3.8) is 0 Å². The summed E-state index contributed by atoms with van der Waals surface area (Å²) in [6.45, 7) is 4.67. The number of fused-ring (bicyclic) bond motifs is 1. The number of anilines is 1. The van der Waals surface area contributed by atoms with Gasteiger partial charge in [0, 0.05) is 19.3 Å². The maximum absolute atomic E-state index is 12.7. The van der Waals surface area contributed by atoms with Gasteiger partial charge in [-0.2, -0.15) is 0 Å². The van der Waals surface area contributed by atoms with Crippen LogP contribution in [-0.4, -0.2) is 56.6 Å². The van der Waals surface area contributed by atoms with E-state index in [1.165, 1.54) is 6.33 Å². The largest absolute Gasteiger partial charge is 0.356 e. The number of hydrogen-bond donors (Lipinski definition) is 5. The van der Waals surface area contributed by atoms with Crippen molar-refractivity contribution in [3.05, 3.63) is 18.6 Å². The second-order valence-corrected chi connectivity index (χ2v) is 7.25. The summed E-state index contributed by atoms with van der Waals surface area (Å²) in [5.74, 6) is -0.426. The molecule has 1 fully saturated rings. The van der Waals surface area contributed by atoms with Crippen molar-refractivity contribution in [2.75, 3.05) is 18.0 Å². The van der Waals surface area contributed by atoms with Crippen LogP contribution in [0.2, 0.25) is 0 Å². The molecule has 154 valence electrons. The molecule has 2 amide bonds. The number of halogens is 1. The third-order valence-corrected chi connectivity index (χ3v) is 5.09. The first kappa shape index (κ1) is 21.9. The summed E-state index contributed by atoms with van der Waals surface area (Å²) < 4.78 is 0. The highest BCUT2D eigenvalue weighted by molar-refractivity contribution is 5.92. The van der Waals surface area contributed by atoms with Gasteiger partial charge in [0.25, 0.3) is 5.91 Å². The zero-order chi connectivity index (χ0) is 19.6. The number of H-pyrrole nitrogens is 1. The summed E-state index contributed by atoms with van der Waals surface area (Å²) in [5.41, 5.74) is 7.63. The average molecular weight is 412 g/mol. The summed E-state index contributed by atoms with van der Waals surface area (Å²) in [5, 5.41) is 12.5. The van der Waals surface area contributed by atoms with Gasteiger partial charge < -0.3 is 20.9 Å². The van der Waals surface area contributed by atoms with Crippen LogP contribution in [-0.2, 0) is 9.59 Å². The lowest BCUT2D eigenvalue weighted by atomic mass is 9.86. The topological polar surface area (TPSA) is 149 Å². The van der Waals surface area contributed by atoms with E-state index in [1.807, 2.05) is 12.3 Å². The van der Waals surface area contributed by atoms with Crippen molar-refractivity contribution in [1.82, 2.24) is 25.7 Å². The summed E-state index contributed by atoms with van der Waals surface area (Å²) in [6.07, 6.45) is 4.15. The monoisotopic (exact) mass is 411 g/mol. The molecule has 0 aliphatic carbocycles. The van der Waals surface area contributed by atoms with Crippen molar-refractivity contribution in [3.8, 4) is 0 Å². The number of rotatable bonds is 5. The second-order valence-electron chi connectivity index (χ2n) is 7.25. The molecule has 3 rings (SSSR count). The standard InChI is InChI=1S/C17H25N7O3.ClH/c1-10(2)12(15(25)23-27)22-16(26)17(18)4-7-24(8-5-17)14-11-3-6-19-13(11)20-9-21-14;/h3,6,9-10,12,27H,4-5,7-8,18H2,1-2H3,(H,22,26)(H,23,25)(H,19,20,21);1H/t12-;/m1./s1. The Labute approximate surface area is 168 Å². The Morgan fingerprint density at radius 2 is 2.00 bits per heavy atom. The van der Waals surface area contributed by atoms with E-state index in [1.54, 1.807) is 19.3 Å². The Morgan fingerprint density at radius 3 is 2.61 bits per heavy atom. The average Bonchev–Trinajstić information content (AvgIpc) is 3.14. The maximum Gasteiger partial charge on any atom is 0.266 e. The van der Waals surface area contributed by atoms with Crippen LogP contribution in [0, 0.1) is 5.92 Å².